The summed E-state index contributed by atoms with van der Waals surface area (Å²) >= 11 is 10.4. The van der Waals surface area contributed by atoms with Gasteiger partial charge in [0.25, 0.3) is 0 Å². The van der Waals surface area contributed by atoms with Crippen LogP contribution in [-0.2, 0) is 11.3 Å². The lowest BCUT2D eigenvalue weighted by atomic mass is 10.3. The minimum Gasteiger partial charge on any atom is -0.467 e. The van der Waals surface area contributed by atoms with Crippen molar-refractivity contribution in [3.05, 3.63) is 49.7 Å². The molecular weight excluding hydrogens is 470 g/mol. The van der Waals surface area contributed by atoms with Gasteiger partial charge in [0.15, 0.2) is 0 Å². The Balaban J connectivity index is 1.77. The summed E-state index contributed by atoms with van der Waals surface area (Å²) in [7, 11) is 0. The summed E-state index contributed by atoms with van der Waals surface area (Å²) in [6, 6.07) is 7.51. The van der Waals surface area contributed by atoms with Gasteiger partial charge in [-0.3, -0.25) is 0 Å². The maximum Gasteiger partial charge on any atom is 0.129 e. The Kier molecular flexibility index (Phi) is 6.75. The number of anilines is 1. The van der Waals surface area contributed by atoms with Crippen LogP contribution in [0.5, 0.6) is 0 Å². The molecule has 0 saturated heterocycles. The molecule has 1 atom stereocenters. The van der Waals surface area contributed by atoms with Crippen molar-refractivity contribution >= 4 is 53.5 Å². The predicted octanol–water partition coefficient (Wildman–Crippen LogP) is 4.56. The van der Waals surface area contributed by atoms with E-state index in [0.29, 0.717) is 13.2 Å². The Bertz CT molecular complexity index is 552. The number of aliphatic hydroxyl groups excluding tert-OH is 1. The molecule has 0 aliphatic rings. The van der Waals surface area contributed by atoms with Crippen LogP contribution >= 0.6 is 47.8 Å². The maximum atomic E-state index is 9.92. The highest BCUT2D eigenvalue weighted by Crippen LogP contribution is 2.34. The standard InChI is InChI=1S/C14H14Br3NO3/c15-9-4-12(16)14(13(17)5-9)18-6-10(19)7-20-8-11-2-1-3-21-11/h1-5,10,18-19H,6-8H2. The third kappa shape index (κ3) is 5.41. The Morgan fingerprint density at radius 2 is 1.95 bits per heavy atom. The summed E-state index contributed by atoms with van der Waals surface area (Å²) < 4.78 is 13.3. The van der Waals surface area contributed by atoms with Gasteiger partial charge in [0.1, 0.15) is 12.4 Å². The molecule has 1 heterocycles. The van der Waals surface area contributed by atoms with E-state index in [1.165, 1.54) is 0 Å². The molecule has 0 aliphatic carbocycles. The van der Waals surface area contributed by atoms with Gasteiger partial charge in [-0.2, -0.15) is 0 Å². The first-order valence-electron chi connectivity index (χ1n) is 6.23. The topological polar surface area (TPSA) is 54.6 Å². The van der Waals surface area contributed by atoms with Gasteiger partial charge in [0.2, 0.25) is 0 Å². The van der Waals surface area contributed by atoms with Gasteiger partial charge in [-0.25, -0.2) is 0 Å². The van der Waals surface area contributed by atoms with Crippen molar-refractivity contribution in [1.29, 1.82) is 0 Å². The molecule has 1 unspecified atom stereocenters. The zero-order valence-electron chi connectivity index (χ0n) is 11.0. The summed E-state index contributed by atoms with van der Waals surface area (Å²) in [6.07, 6.45) is 0.988. The van der Waals surface area contributed by atoms with Crippen LogP contribution in [0.2, 0.25) is 0 Å². The van der Waals surface area contributed by atoms with Crippen molar-refractivity contribution in [2.75, 3.05) is 18.5 Å². The zero-order valence-corrected chi connectivity index (χ0v) is 15.7. The number of hydrogen-bond donors (Lipinski definition) is 2. The highest BCUT2D eigenvalue weighted by Gasteiger charge is 2.10. The van der Waals surface area contributed by atoms with E-state index in [9.17, 15) is 5.11 Å². The van der Waals surface area contributed by atoms with E-state index in [1.807, 2.05) is 18.2 Å². The fraction of sp³-hybridized carbons (Fsp3) is 0.286. The van der Waals surface area contributed by atoms with E-state index in [0.717, 1.165) is 24.9 Å². The van der Waals surface area contributed by atoms with Gasteiger partial charge >= 0.3 is 0 Å². The van der Waals surface area contributed by atoms with Crippen molar-refractivity contribution < 1.29 is 14.3 Å². The summed E-state index contributed by atoms with van der Waals surface area (Å²) in [4.78, 5) is 0. The van der Waals surface area contributed by atoms with Crippen LogP contribution in [0.3, 0.4) is 0 Å². The van der Waals surface area contributed by atoms with Crippen LogP contribution in [0.1, 0.15) is 5.76 Å². The maximum absolute atomic E-state index is 9.92. The van der Waals surface area contributed by atoms with Crippen LogP contribution in [0.15, 0.2) is 48.4 Å². The Hall–Kier alpha value is -0.340. The van der Waals surface area contributed by atoms with Gasteiger partial charge in [-0.05, 0) is 56.1 Å². The van der Waals surface area contributed by atoms with Crippen LogP contribution in [0, 0.1) is 0 Å². The predicted molar refractivity (Wildman–Crippen MR) is 92.4 cm³/mol. The van der Waals surface area contributed by atoms with E-state index >= 15 is 0 Å². The fourth-order valence-electron chi connectivity index (χ4n) is 1.68. The number of ether oxygens (including phenoxy) is 1. The van der Waals surface area contributed by atoms with E-state index < -0.39 is 6.10 Å². The number of hydrogen-bond acceptors (Lipinski definition) is 4. The molecule has 1 aromatic carbocycles. The first-order valence-corrected chi connectivity index (χ1v) is 8.60. The second kappa shape index (κ2) is 8.33. The number of nitrogens with one attached hydrogen (secondary N) is 1. The lowest BCUT2D eigenvalue weighted by Crippen LogP contribution is -2.25. The highest BCUT2D eigenvalue weighted by atomic mass is 79.9. The first-order chi connectivity index (χ1) is 10.1. The van der Waals surface area contributed by atoms with Crippen LogP contribution in [0.4, 0.5) is 5.69 Å². The minimum atomic E-state index is -0.609. The number of benzene rings is 1. The molecule has 0 bridgehead atoms. The van der Waals surface area contributed by atoms with Crippen molar-refractivity contribution in [3.63, 3.8) is 0 Å². The molecule has 114 valence electrons. The second-order valence-electron chi connectivity index (χ2n) is 4.37. The van der Waals surface area contributed by atoms with Crippen LogP contribution in [-0.4, -0.2) is 24.4 Å². The molecule has 21 heavy (non-hydrogen) atoms. The second-order valence-corrected chi connectivity index (χ2v) is 7.00. The van der Waals surface area contributed by atoms with E-state index in [4.69, 9.17) is 9.15 Å². The molecule has 4 nitrogen and oxygen atoms in total. The summed E-state index contributed by atoms with van der Waals surface area (Å²) in [5.74, 6) is 0.744. The lowest BCUT2D eigenvalue weighted by molar-refractivity contribution is 0.0282. The molecule has 2 N–H and O–H groups in total. The molecule has 0 radical (unpaired) electrons. The van der Waals surface area contributed by atoms with Crippen molar-refractivity contribution in [2.24, 2.45) is 0 Å². The molecule has 0 spiro atoms. The molecule has 7 heteroatoms. The molecule has 0 aliphatic heterocycles. The average Bonchev–Trinajstić information content (AvgIpc) is 2.90. The quantitative estimate of drug-likeness (QED) is 0.606. The van der Waals surface area contributed by atoms with Crippen molar-refractivity contribution in [3.8, 4) is 0 Å². The summed E-state index contributed by atoms with van der Waals surface area (Å²) in [5.41, 5.74) is 0.892. The van der Waals surface area contributed by atoms with E-state index in [2.05, 4.69) is 53.1 Å². The van der Waals surface area contributed by atoms with Gasteiger partial charge in [-0.1, -0.05) is 15.9 Å². The van der Waals surface area contributed by atoms with E-state index in [1.54, 1.807) is 12.3 Å². The fourth-order valence-corrected chi connectivity index (χ4v) is 4.22. The van der Waals surface area contributed by atoms with Gasteiger partial charge < -0.3 is 19.6 Å². The number of furan rings is 1. The molecule has 1 aromatic heterocycles. The third-order valence-electron chi connectivity index (χ3n) is 2.66. The molecule has 2 rings (SSSR count). The average molecular weight is 484 g/mol. The largest absolute Gasteiger partial charge is 0.467 e. The molecule has 0 saturated carbocycles. The van der Waals surface area contributed by atoms with Crippen LogP contribution in [0.25, 0.3) is 0 Å². The smallest absolute Gasteiger partial charge is 0.129 e. The number of rotatable bonds is 7. The lowest BCUT2D eigenvalue weighted by Gasteiger charge is -2.15. The van der Waals surface area contributed by atoms with Crippen molar-refractivity contribution in [2.45, 2.75) is 12.7 Å². The molecular formula is C14H14Br3NO3. The molecule has 2 aromatic rings. The van der Waals surface area contributed by atoms with E-state index in [-0.39, 0.29) is 6.61 Å². The Labute approximate surface area is 148 Å². The number of halogens is 3. The normalized spacial score (nSPS) is 12.4. The molecule has 0 fully saturated rings. The highest BCUT2D eigenvalue weighted by molar-refractivity contribution is 9.11. The van der Waals surface area contributed by atoms with Crippen molar-refractivity contribution in [1.82, 2.24) is 0 Å². The summed E-state index contributed by atoms with van der Waals surface area (Å²) in [5, 5.41) is 13.1. The zero-order chi connectivity index (χ0) is 15.2. The SMILES string of the molecule is OC(CNc1c(Br)cc(Br)cc1Br)COCc1ccco1. The van der Waals surface area contributed by atoms with Crippen LogP contribution < -0.4 is 5.32 Å². The van der Waals surface area contributed by atoms with Gasteiger partial charge in [0, 0.05) is 20.0 Å². The first kappa shape index (κ1) is 17.0. The van der Waals surface area contributed by atoms with Gasteiger partial charge in [0.05, 0.1) is 24.7 Å². The monoisotopic (exact) mass is 481 g/mol. The number of aliphatic hydroxyl groups is 1. The minimum absolute atomic E-state index is 0.236. The Morgan fingerprint density at radius 1 is 1.24 bits per heavy atom. The Morgan fingerprint density at radius 3 is 2.57 bits per heavy atom. The van der Waals surface area contributed by atoms with Gasteiger partial charge in [-0.15, -0.1) is 0 Å². The third-order valence-corrected chi connectivity index (χ3v) is 4.36. The molecule has 0 amide bonds. The summed E-state index contributed by atoms with van der Waals surface area (Å²) in [6.45, 7) is 0.978.